The van der Waals surface area contributed by atoms with Crippen LogP contribution in [0.5, 0.6) is 5.75 Å². The molecule has 1 aromatic carbocycles. The van der Waals surface area contributed by atoms with Gasteiger partial charge in [-0.25, -0.2) is 14.4 Å². The molecule has 2 rings (SSSR count). The molecule has 1 heterocycles. The van der Waals surface area contributed by atoms with E-state index in [9.17, 15) is 4.39 Å². The quantitative estimate of drug-likeness (QED) is 0.333. The molecule has 8 heteroatoms. The number of nitrogens with zero attached hydrogens (tertiary/aromatic N) is 3. The van der Waals surface area contributed by atoms with Gasteiger partial charge in [0, 0.05) is 38.1 Å². The van der Waals surface area contributed by atoms with Crippen molar-refractivity contribution in [3.05, 3.63) is 48.8 Å². The lowest BCUT2D eigenvalue weighted by Crippen LogP contribution is -2.39. The molecule has 0 spiro atoms. The number of nitrogens with one attached hydrogen (secondary N) is 2. The third-order valence-corrected chi connectivity index (χ3v) is 3.57. The molecule has 2 aromatic rings. The summed E-state index contributed by atoms with van der Waals surface area (Å²) < 4.78 is 21.1. The first-order valence-corrected chi connectivity index (χ1v) is 8.61. The van der Waals surface area contributed by atoms with Crippen molar-refractivity contribution in [1.29, 1.82) is 0 Å². The maximum atomic E-state index is 13.3. The van der Waals surface area contributed by atoms with Crippen molar-refractivity contribution in [3.63, 3.8) is 0 Å². The minimum Gasteiger partial charge on any atom is -0.488 e. The van der Waals surface area contributed by atoms with Gasteiger partial charge in [-0.2, -0.15) is 0 Å². The summed E-state index contributed by atoms with van der Waals surface area (Å²) in [5.41, 5.74) is 0. The number of hydrogen-bond acceptors (Lipinski definition) is 3. The third kappa shape index (κ3) is 8.03. The van der Waals surface area contributed by atoms with Crippen molar-refractivity contribution >= 4 is 29.9 Å². The Morgan fingerprint density at radius 3 is 2.85 bits per heavy atom. The Bertz CT molecular complexity index is 651. The first kappa shape index (κ1) is 22.2. The smallest absolute Gasteiger partial charge is 0.191 e. The zero-order chi connectivity index (χ0) is 17.9. The fraction of sp³-hybridized carbons (Fsp3) is 0.444. The molecule has 1 unspecified atom stereocenters. The maximum absolute atomic E-state index is 13.3. The average Bonchev–Trinajstić information content (AvgIpc) is 3.12. The molecule has 26 heavy (non-hydrogen) atoms. The van der Waals surface area contributed by atoms with Crippen LogP contribution in [0, 0.1) is 5.82 Å². The lowest BCUT2D eigenvalue weighted by Gasteiger charge is -2.17. The van der Waals surface area contributed by atoms with E-state index in [1.54, 1.807) is 24.7 Å². The van der Waals surface area contributed by atoms with Gasteiger partial charge in [-0.05, 0) is 25.5 Å². The van der Waals surface area contributed by atoms with Gasteiger partial charge in [0.1, 0.15) is 17.7 Å². The van der Waals surface area contributed by atoms with Crippen LogP contribution < -0.4 is 15.4 Å². The van der Waals surface area contributed by atoms with Gasteiger partial charge in [0.2, 0.25) is 0 Å². The molecule has 1 aromatic heterocycles. The molecule has 0 radical (unpaired) electrons. The fourth-order valence-electron chi connectivity index (χ4n) is 2.24. The van der Waals surface area contributed by atoms with Gasteiger partial charge >= 0.3 is 0 Å². The number of ether oxygens (including phenoxy) is 1. The summed E-state index contributed by atoms with van der Waals surface area (Å²) in [4.78, 5) is 8.59. The molecule has 0 amide bonds. The van der Waals surface area contributed by atoms with E-state index in [0.29, 0.717) is 12.3 Å². The van der Waals surface area contributed by atoms with Crippen molar-refractivity contribution in [3.8, 4) is 5.75 Å². The van der Waals surface area contributed by atoms with Crippen LogP contribution in [0.25, 0.3) is 0 Å². The van der Waals surface area contributed by atoms with Gasteiger partial charge in [0.25, 0.3) is 0 Å². The molecule has 1 atom stereocenters. The predicted molar refractivity (Wildman–Crippen MR) is 113 cm³/mol. The second kappa shape index (κ2) is 12.5. The summed E-state index contributed by atoms with van der Waals surface area (Å²) in [5, 5.41) is 6.50. The van der Waals surface area contributed by atoms with E-state index in [2.05, 4.69) is 20.6 Å². The van der Waals surface area contributed by atoms with Gasteiger partial charge in [-0.15, -0.1) is 24.0 Å². The summed E-state index contributed by atoms with van der Waals surface area (Å²) in [5.74, 6) is 0.967. The number of benzene rings is 1. The van der Waals surface area contributed by atoms with Crippen LogP contribution in [0.3, 0.4) is 0 Å². The van der Waals surface area contributed by atoms with Crippen molar-refractivity contribution in [1.82, 2.24) is 20.2 Å². The molecule has 2 N–H and O–H groups in total. The van der Waals surface area contributed by atoms with E-state index >= 15 is 0 Å². The van der Waals surface area contributed by atoms with Gasteiger partial charge < -0.3 is 19.9 Å². The second-order valence-electron chi connectivity index (χ2n) is 5.55. The summed E-state index contributed by atoms with van der Waals surface area (Å²) in [6.07, 6.45) is 6.15. The van der Waals surface area contributed by atoms with E-state index < -0.39 is 0 Å². The topological polar surface area (TPSA) is 63.5 Å². The molecular formula is C18H27FIN5O. The Morgan fingerprint density at radius 2 is 2.19 bits per heavy atom. The highest BCUT2D eigenvalue weighted by Gasteiger charge is 2.09. The first-order chi connectivity index (χ1) is 12.2. The minimum absolute atomic E-state index is 0. The number of aliphatic imine (C=N–C) groups is 1. The van der Waals surface area contributed by atoms with E-state index in [4.69, 9.17) is 4.74 Å². The zero-order valence-electron chi connectivity index (χ0n) is 15.2. The lowest BCUT2D eigenvalue weighted by atomic mass is 10.2. The Hall–Kier alpha value is -1.84. The van der Waals surface area contributed by atoms with Crippen molar-refractivity contribution in [2.45, 2.75) is 32.9 Å². The molecule has 0 aliphatic rings. The number of hydrogen-bond donors (Lipinski definition) is 2. The van der Waals surface area contributed by atoms with E-state index in [1.165, 1.54) is 12.1 Å². The van der Waals surface area contributed by atoms with Crippen LogP contribution >= 0.6 is 24.0 Å². The van der Waals surface area contributed by atoms with Gasteiger partial charge in [-0.1, -0.05) is 13.0 Å². The van der Waals surface area contributed by atoms with Crippen LogP contribution in [0.2, 0.25) is 0 Å². The molecule has 0 saturated carbocycles. The maximum Gasteiger partial charge on any atom is 0.191 e. The molecule has 0 fully saturated rings. The fourth-order valence-corrected chi connectivity index (χ4v) is 2.24. The lowest BCUT2D eigenvalue weighted by molar-refractivity contribution is 0.205. The zero-order valence-corrected chi connectivity index (χ0v) is 17.5. The molecule has 0 saturated heterocycles. The van der Waals surface area contributed by atoms with Gasteiger partial charge in [0.15, 0.2) is 5.96 Å². The Morgan fingerprint density at radius 1 is 1.35 bits per heavy atom. The highest BCUT2D eigenvalue weighted by atomic mass is 127. The average molecular weight is 475 g/mol. The SMILES string of the molecule is CCNC(=NCC(CC)Oc1cccc(F)c1)NCCn1ccnc1.I. The Balaban J connectivity index is 0.00000338. The number of aromatic nitrogens is 2. The summed E-state index contributed by atoms with van der Waals surface area (Å²) >= 11 is 0. The molecule has 0 aliphatic carbocycles. The molecular weight excluding hydrogens is 448 g/mol. The summed E-state index contributed by atoms with van der Waals surface area (Å²) in [6, 6.07) is 6.19. The monoisotopic (exact) mass is 475 g/mol. The second-order valence-corrected chi connectivity index (χ2v) is 5.55. The van der Waals surface area contributed by atoms with Crippen LogP contribution in [0.1, 0.15) is 20.3 Å². The highest BCUT2D eigenvalue weighted by Crippen LogP contribution is 2.15. The highest BCUT2D eigenvalue weighted by molar-refractivity contribution is 14.0. The number of halogens is 2. The van der Waals surface area contributed by atoms with Crippen LogP contribution in [-0.2, 0) is 6.54 Å². The minimum atomic E-state index is -0.301. The van der Waals surface area contributed by atoms with Crippen molar-refractivity contribution < 1.29 is 9.13 Å². The molecule has 0 aliphatic heterocycles. The first-order valence-electron chi connectivity index (χ1n) is 8.61. The standard InChI is InChI=1S/C18H26FN5O.HI/c1-3-16(25-17-7-5-6-15(19)12-17)13-23-18(21-4-2)22-9-11-24-10-8-20-14-24;/h5-8,10,12,14,16H,3-4,9,11,13H2,1-2H3,(H2,21,22,23);1H. The van der Waals surface area contributed by atoms with Gasteiger partial charge in [0.05, 0.1) is 12.9 Å². The Labute approximate surface area is 171 Å². The van der Waals surface area contributed by atoms with Gasteiger partial charge in [-0.3, -0.25) is 0 Å². The van der Waals surface area contributed by atoms with E-state index in [-0.39, 0.29) is 35.9 Å². The molecule has 144 valence electrons. The summed E-state index contributed by atoms with van der Waals surface area (Å²) in [7, 11) is 0. The largest absolute Gasteiger partial charge is 0.488 e. The van der Waals surface area contributed by atoms with Crippen LogP contribution in [0.15, 0.2) is 48.0 Å². The number of rotatable bonds is 9. The number of guanidine groups is 1. The molecule has 6 nitrogen and oxygen atoms in total. The molecule has 0 bridgehead atoms. The normalized spacial score (nSPS) is 12.2. The number of imidazole rings is 1. The van der Waals surface area contributed by atoms with Crippen molar-refractivity contribution in [2.75, 3.05) is 19.6 Å². The Kier molecular flexibility index (Phi) is 10.7. The van der Waals surface area contributed by atoms with E-state index in [0.717, 1.165) is 32.0 Å². The van der Waals surface area contributed by atoms with E-state index in [1.807, 2.05) is 24.6 Å². The van der Waals surface area contributed by atoms with Crippen LogP contribution in [-0.4, -0.2) is 41.2 Å². The summed E-state index contributed by atoms with van der Waals surface area (Å²) in [6.45, 7) is 6.86. The third-order valence-electron chi connectivity index (χ3n) is 3.57. The van der Waals surface area contributed by atoms with Crippen LogP contribution in [0.4, 0.5) is 4.39 Å². The van der Waals surface area contributed by atoms with Crippen molar-refractivity contribution in [2.24, 2.45) is 4.99 Å². The predicted octanol–water partition coefficient (Wildman–Crippen LogP) is 3.05.